The van der Waals surface area contributed by atoms with E-state index in [-0.39, 0.29) is 0 Å². The van der Waals surface area contributed by atoms with E-state index in [2.05, 4.69) is 30.8 Å². The Morgan fingerprint density at radius 2 is 1.32 bits per heavy atom. The summed E-state index contributed by atoms with van der Waals surface area (Å²) in [6.07, 6.45) is 2.89. The second-order valence-electron chi connectivity index (χ2n) is 6.50. The topological polar surface area (TPSA) is 6.48 Å². The first-order chi connectivity index (χ1) is 10.6. The van der Waals surface area contributed by atoms with Crippen LogP contribution < -0.4 is 0 Å². The molecular formula is C19H44N3+. The maximum absolute atomic E-state index is 2.76. The molecule has 22 heavy (non-hydrogen) atoms. The van der Waals surface area contributed by atoms with E-state index in [9.17, 15) is 0 Å². The molecule has 0 bridgehead atoms. The SMILES string of the molecule is CC.CC.CC.CC1CC(N2CCN(C)CC2)CC2C[N+]12C. The fourth-order valence-corrected chi connectivity index (χ4v) is 3.79. The van der Waals surface area contributed by atoms with Crippen molar-refractivity contribution in [2.24, 2.45) is 0 Å². The van der Waals surface area contributed by atoms with Gasteiger partial charge in [-0.15, -0.1) is 0 Å². The molecule has 0 aromatic carbocycles. The maximum atomic E-state index is 2.76. The van der Waals surface area contributed by atoms with Gasteiger partial charge in [0.05, 0.1) is 13.1 Å². The molecule has 3 aliphatic rings. The molecule has 3 heteroatoms. The molecule has 3 saturated heterocycles. The third kappa shape index (κ3) is 5.21. The normalized spacial score (nSPS) is 37.2. The molecule has 4 unspecified atom stereocenters. The van der Waals surface area contributed by atoms with Crippen LogP contribution in [0.2, 0.25) is 0 Å². The average molecular weight is 315 g/mol. The van der Waals surface area contributed by atoms with Crippen LogP contribution in [0.25, 0.3) is 0 Å². The van der Waals surface area contributed by atoms with Gasteiger partial charge in [-0.05, 0) is 14.0 Å². The Balaban J connectivity index is 0.000000661. The summed E-state index contributed by atoms with van der Waals surface area (Å²) in [6, 6.07) is 2.78. The number of hydrogen-bond acceptors (Lipinski definition) is 2. The van der Waals surface area contributed by atoms with Gasteiger partial charge in [-0.1, -0.05) is 41.5 Å². The molecule has 3 heterocycles. The van der Waals surface area contributed by atoms with Crippen LogP contribution in [0.4, 0.5) is 0 Å². The fourth-order valence-electron chi connectivity index (χ4n) is 3.79. The van der Waals surface area contributed by atoms with Gasteiger partial charge in [-0.2, -0.15) is 0 Å². The summed E-state index contributed by atoms with van der Waals surface area (Å²) in [5.74, 6) is 0. The van der Waals surface area contributed by atoms with E-state index in [0.29, 0.717) is 0 Å². The summed E-state index contributed by atoms with van der Waals surface area (Å²) >= 11 is 0. The zero-order valence-electron chi connectivity index (χ0n) is 17.0. The number of nitrogens with zero attached hydrogens (tertiary/aromatic N) is 3. The van der Waals surface area contributed by atoms with Gasteiger partial charge >= 0.3 is 0 Å². The van der Waals surface area contributed by atoms with Crippen molar-refractivity contribution in [2.45, 2.75) is 79.4 Å². The molecular weight excluding hydrogens is 270 g/mol. The lowest BCUT2D eigenvalue weighted by molar-refractivity contribution is -0.824. The number of fused-ring (bicyclic) bond motifs is 1. The summed E-state index contributed by atoms with van der Waals surface area (Å²) in [7, 11) is 4.70. The first-order valence-electron chi connectivity index (χ1n) is 9.87. The highest BCUT2D eigenvalue weighted by Crippen LogP contribution is 2.43. The number of piperazine rings is 1. The number of likely N-dealkylation sites (N-methyl/N-ethyl adjacent to an activating group) is 2. The van der Waals surface area contributed by atoms with Crippen LogP contribution in [-0.2, 0) is 0 Å². The molecule has 0 amide bonds. The molecule has 0 aromatic rings. The van der Waals surface area contributed by atoms with E-state index in [1.807, 2.05) is 41.5 Å². The first-order valence-corrected chi connectivity index (χ1v) is 9.87. The van der Waals surface area contributed by atoms with Gasteiger partial charge in [-0.3, -0.25) is 4.90 Å². The smallest absolute Gasteiger partial charge is 0.140 e. The minimum Gasteiger partial charge on any atom is -0.312 e. The zero-order valence-corrected chi connectivity index (χ0v) is 17.0. The molecule has 0 aromatic heterocycles. The number of rotatable bonds is 1. The van der Waals surface area contributed by atoms with Crippen LogP contribution in [0.5, 0.6) is 0 Å². The molecule has 0 saturated carbocycles. The lowest BCUT2D eigenvalue weighted by atomic mass is 9.96. The van der Waals surface area contributed by atoms with E-state index < -0.39 is 0 Å². The molecule has 0 N–H and O–H groups in total. The van der Waals surface area contributed by atoms with Gasteiger partial charge in [0.2, 0.25) is 0 Å². The van der Waals surface area contributed by atoms with Crippen molar-refractivity contribution in [3.63, 3.8) is 0 Å². The van der Waals surface area contributed by atoms with Crippen LogP contribution in [-0.4, -0.2) is 79.2 Å². The number of hydrogen-bond donors (Lipinski definition) is 0. The van der Waals surface area contributed by atoms with Crippen molar-refractivity contribution < 1.29 is 4.48 Å². The number of quaternary nitrogens is 1. The van der Waals surface area contributed by atoms with Gasteiger partial charge < -0.3 is 9.38 Å². The lowest BCUT2D eigenvalue weighted by Gasteiger charge is -2.42. The van der Waals surface area contributed by atoms with Gasteiger partial charge in [0.25, 0.3) is 0 Å². The van der Waals surface area contributed by atoms with Crippen molar-refractivity contribution in [3.8, 4) is 0 Å². The molecule has 0 radical (unpaired) electrons. The maximum Gasteiger partial charge on any atom is 0.140 e. The molecule has 3 fully saturated rings. The van der Waals surface area contributed by atoms with Gasteiger partial charge in [0.1, 0.15) is 12.6 Å². The van der Waals surface area contributed by atoms with Crippen molar-refractivity contribution in [2.75, 3.05) is 46.8 Å². The summed E-state index contributed by atoms with van der Waals surface area (Å²) in [4.78, 5) is 5.22. The highest BCUT2D eigenvalue weighted by molar-refractivity contribution is 4.91. The van der Waals surface area contributed by atoms with Crippen LogP contribution in [0, 0.1) is 0 Å². The highest BCUT2D eigenvalue weighted by atomic mass is 15.5. The summed E-state index contributed by atoms with van der Waals surface area (Å²) in [5, 5.41) is 0. The highest BCUT2D eigenvalue weighted by Gasteiger charge is 2.59. The minimum absolute atomic E-state index is 0.891. The van der Waals surface area contributed by atoms with E-state index in [0.717, 1.165) is 18.1 Å². The van der Waals surface area contributed by atoms with Crippen molar-refractivity contribution in [1.29, 1.82) is 0 Å². The first kappa shape index (κ1) is 21.9. The Bertz CT molecular complexity index is 274. The van der Waals surface area contributed by atoms with Crippen LogP contribution >= 0.6 is 0 Å². The van der Waals surface area contributed by atoms with E-state index >= 15 is 0 Å². The molecule has 3 rings (SSSR count). The third-order valence-electron chi connectivity index (χ3n) is 5.52. The largest absolute Gasteiger partial charge is 0.312 e. The molecule has 3 nitrogen and oxygen atoms in total. The molecule has 0 aliphatic carbocycles. The summed E-state index contributed by atoms with van der Waals surface area (Å²) in [5.41, 5.74) is 0. The Morgan fingerprint density at radius 3 is 1.77 bits per heavy atom. The molecule has 134 valence electrons. The minimum atomic E-state index is 0.891. The predicted molar refractivity (Wildman–Crippen MR) is 100 cm³/mol. The van der Waals surface area contributed by atoms with Crippen LogP contribution in [0.3, 0.4) is 0 Å². The second-order valence-corrected chi connectivity index (χ2v) is 6.50. The van der Waals surface area contributed by atoms with Gasteiger partial charge in [-0.25, -0.2) is 0 Å². The lowest BCUT2D eigenvalue weighted by Crippen LogP contribution is -2.53. The fraction of sp³-hybridized carbons (Fsp3) is 1.00. The zero-order chi connectivity index (χ0) is 17.3. The van der Waals surface area contributed by atoms with Gasteiger partial charge in [0, 0.05) is 45.1 Å². The Morgan fingerprint density at radius 1 is 0.818 bits per heavy atom. The standard InChI is InChI=1S/C13H26N3.3C2H6/c1-11-8-12(9-13-10-16(11,13)3)15-6-4-14(2)5-7-15;3*1-2/h11-13H,4-10H2,1-3H3;3*1-2H3/q+1;;;. The van der Waals surface area contributed by atoms with E-state index in [1.165, 1.54) is 50.0 Å². The van der Waals surface area contributed by atoms with Crippen molar-refractivity contribution in [1.82, 2.24) is 9.80 Å². The van der Waals surface area contributed by atoms with Gasteiger partial charge in [0.15, 0.2) is 0 Å². The summed E-state index contributed by atoms with van der Waals surface area (Å²) < 4.78 is 1.38. The molecule has 0 spiro atoms. The summed E-state index contributed by atoms with van der Waals surface area (Å²) in [6.45, 7) is 21.0. The Hall–Kier alpha value is -0.120. The van der Waals surface area contributed by atoms with Crippen LogP contribution in [0.15, 0.2) is 0 Å². The number of piperidine rings is 1. The van der Waals surface area contributed by atoms with E-state index in [4.69, 9.17) is 0 Å². The molecule has 4 atom stereocenters. The van der Waals surface area contributed by atoms with Crippen molar-refractivity contribution >= 4 is 0 Å². The Kier molecular flexibility index (Phi) is 10.6. The average Bonchev–Trinajstić information content (AvgIpc) is 3.26. The molecule has 3 aliphatic heterocycles. The van der Waals surface area contributed by atoms with Crippen LogP contribution in [0.1, 0.15) is 61.3 Å². The monoisotopic (exact) mass is 314 g/mol. The predicted octanol–water partition coefficient (Wildman–Crippen LogP) is 3.69. The van der Waals surface area contributed by atoms with Crippen molar-refractivity contribution in [3.05, 3.63) is 0 Å². The second kappa shape index (κ2) is 10.6. The Labute approximate surface area is 141 Å². The third-order valence-corrected chi connectivity index (χ3v) is 5.52. The van der Waals surface area contributed by atoms with E-state index in [1.54, 1.807) is 0 Å². The quantitative estimate of drug-likeness (QED) is 0.538.